The minimum absolute atomic E-state index is 0.167. The zero-order chi connectivity index (χ0) is 17.5. The van der Waals surface area contributed by atoms with Gasteiger partial charge in [0.25, 0.3) is 5.92 Å². The highest BCUT2D eigenvalue weighted by molar-refractivity contribution is 5.68. The second-order valence-corrected chi connectivity index (χ2v) is 6.08. The summed E-state index contributed by atoms with van der Waals surface area (Å²) in [5.41, 5.74) is 0.0774. The Morgan fingerprint density at radius 1 is 1.30 bits per heavy atom. The number of benzene rings is 1. The number of hydrogen-bond donors (Lipinski definition) is 1. The number of rotatable bonds is 7. The lowest BCUT2D eigenvalue weighted by Crippen LogP contribution is -2.50. The molecule has 0 aliphatic heterocycles. The van der Waals surface area contributed by atoms with Crippen molar-refractivity contribution in [3.8, 4) is 0 Å². The summed E-state index contributed by atoms with van der Waals surface area (Å²) in [5, 5.41) is 2.14. The van der Waals surface area contributed by atoms with Gasteiger partial charge < -0.3 is 14.8 Å². The van der Waals surface area contributed by atoms with Crippen LogP contribution in [0, 0.1) is 0 Å². The molecule has 128 valence electrons. The summed E-state index contributed by atoms with van der Waals surface area (Å²) < 4.78 is 38.0. The van der Waals surface area contributed by atoms with Crippen molar-refractivity contribution in [2.45, 2.75) is 44.9 Å². The fourth-order valence-electron chi connectivity index (χ4n) is 1.71. The first-order chi connectivity index (χ1) is 10.6. The Labute approximate surface area is 135 Å². The predicted molar refractivity (Wildman–Crippen MR) is 84.4 cm³/mol. The number of alkyl halides is 2. The molecule has 1 unspecified atom stereocenters. The molecular weight excluding hydrogens is 304 g/mol. The van der Waals surface area contributed by atoms with Gasteiger partial charge in [0.05, 0.1) is 13.2 Å². The molecule has 0 saturated carbocycles. The van der Waals surface area contributed by atoms with Crippen LogP contribution in [0.5, 0.6) is 0 Å². The minimum Gasteiger partial charge on any atom is -0.444 e. The smallest absolute Gasteiger partial charge is 0.408 e. The molecule has 1 atom stereocenters. The SMILES string of the molecule is C=CC(F)(F)C(COCc1ccccc1)NC(=O)OC(C)(C)C. The Bertz CT molecular complexity index is 512. The maximum Gasteiger partial charge on any atom is 0.408 e. The van der Waals surface area contributed by atoms with E-state index in [1.807, 2.05) is 30.3 Å². The fourth-order valence-corrected chi connectivity index (χ4v) is 1.71. The first-order valence-corrected chi connectivity index (χ1v) is 7.26. The van der Waals surface area contributed by atoms with Gasteiger partial charge in [0.15, 0.2) is 0 Å². The van der Waals surface area contributed by atoms with Crippen molar-refractivity contribution in [2.24, 2.45) is 0 Å². The quantitative estimate of drug-likeness (QED) is 0.772. The van der Waals surface area contributed by atoms with Crippen LogP contribution < -0.4 is 5.32 Å². The molecule has 0 fully saturated rings. The number of halogens is 2. The monoisotopic (exact) mass is 327 g/mol. The molecule has 0 saturated heterocycles. The highest BCUT2D eigenvalue weighted by Crippen LogP contribution is 2.21. The summed E-state index contributed by atoms with van der Waals surface area (Å²) in [6.07, 6.45) is -0.437. The number of hydrogen-bond acceptors (Lipinski definition) is 3. The van der Waals surface area contributed by atoms with Crippen LogP contribution >= 0.6 is 0 Å². The van der Waals surface area contributed by atoms with Gasteiger partial charge in [-0.25, -0.2) is 4.79 Å². The molecule has 0 aliphatic carbocycles. The normalized spacial score (nSPS) is 13.3. The van der Waals surface area contributed by atoms with Gasteiger partial charge in [0.1, 0.15) is 11.6 Å². The zero-order valence-corrected chi connectivity index (χ0v) is 13.6. The predicted octanol–water partition coefficient (Wildman–Crippen LogP) is 3.92. The molecular formula is C17H23F2NO3. The van der Waals surface area contributed by atoms with Crippen LogP contribution in [-0.4, -0.2) is 30.3 Å². The standard InChI is InChI=1S/C17H23F2NO3/c1-5-17(18,19)14(20-15(21)23-16(2,3)4)12-22-11-13-9-7-6-8-10-13/h5-10,14H,1,11-12H2,2-4H3,(H,20,21). The van der Waals surface area contributed by atoms with Gasteiger partial charge in [0.2, 0.25) is 0 Å². The molecule has 4 nitrogen and oxygen atoms in total. The Morgan fingerprint density at radius 3 is 2.43 bits per heavy atom. The number of carbonyl (C=O) groups is 1. The van der Waals surface area contributed by atoms with E-state index in [1.165, 1.54) is 0 Å². The summed E-state index contributed by atoms with van der Waals surface area (Å²) >= 11 is 0. The van der Waals surface area contributed by atoms with Crippen LogP contribution in [0.15, 0.2) is 43.0 Å². The van der Waals surface area contributed by atoms with E-state index in [4.69, 9.17) is 9.47 Å². The van der Waals surface area contributed by atoms with Crippen LogP contribution in [0.1, 0.15) is 26.3 Å². The molecule has 0 spiro atoms. The Balaban J connectivity index is 2.62. The second kappa shape index (κ2) is 8.06. The van der Waals surface area contributed by atoms with Crippen molar-refractivity contribution < 1.29 is 23.0 Å². The third-order valence-electron chi connectivity index (χ3n) is 2.82. The lowest BCUT2D eigenvalue weighted by Gasteiger charge is -2.27. The summed E-state index contributed by atoms with van der Waals surface area (Å²) in [5.74, 6) is -3.31. The Morgan fingerprint density at radius 2 is 1.91 bits per heavy atom. The third kappa shape index (κ3) is 7.23. The van der Waals surface area contributed by atoms with E-state index >= 15 is 0 Å². The van der Waals surface area contributed by atoms with Crippen LogP contribution in [0.3, 0.4) is 0 Å². The average molecular weight is 327 g/mol. The molecule has 1 aromatic rings. The molecule has 1 rings (SSSR count). The fraction of sp³-hybridized carbons (Fsp3) is 0.471. The molecule has 0 aliphatic rings. The van der Waals surface area contributed by atoms with Crippen LogP contribution in [-0.2, 0) is 16.1 Å². The van der Waals surface area contributed by atoms with E-state index in [1.54, 1.807) is 20.8 Å². The number of carbonyl (C=O) groups excluding carboxylic acids is 1. The summed E-state index contributed by atoms with van der Waals surface area (Å²) in [6.45, 7) is 7.86. The van der Waals surface area contributed by atoms with E-state index in [9.17, 15) is 13.6 Å². The average Bonchev–Trinajstić information content (AvgIpc) is 2.45. The van der Waals surface area contributed by atoms with Crippen molar-refractivity contribution >= 4 is 6.09 Å². The topological polar surface area (TPSA) is 47.6 Å². The molecule has 1 amide bonds. The molecule has 23 heavy (non-hydrogen) atoms. The van der Waals surface area contributed by atoms with Crippen LogP contribution in [0.25, 0.3) is 0 Å². The van der Waals surface area contributed by atoms with Crippen LogP contribution in [0.4, 0.5) is 13.6 Å². The van der Waals surface area contributed by atoms with Gasteiger partial charge in [-0.15, -0.1) is 0 Å². The minimum atomic E-state index is -3.31. The van der Waals surface area contributed by atoms with Crippen molar-refractivity contribution in [3.05, 3.63) is 48.6 Å². The van der Waals surface area contributed by atoms with Gasteiger partial charge in [-0.2, -0.15) is 8.78 Å². The Kier molecular flexibility index (Phi) is 6.69. The van der Waals surface area contributed by atoms with E-state index in [2.05, 4.69) is 11.9 Å². The summed E-state index contributed by atoms with van der Waals surface area (Å²) in [4.78, 5) is 11.7. The van der Waals surface area contributed by atoms with Gasteiger partial charge in [-0.3, -0.25) is 0 Å². The number of nitrogens with one attached hydrogen (secondary N) is 1. The molecule has 0 radical (unpaired) electrons. The molecule has 0 heterocycles. The van der Waals surface area contributed by atoms with E-state index in [-0.39, 0.29) is 13.2 Å². The van der Waals surface area contributed by atoms with Gasteiger partial charge in [-0.05, 0) is 32.4 Å². The van der Waals surface area contributed by atoms with E-state index in [0.29, 0.717) is 6.08 Å². The van der Waals surface area contributed by atoms with Crippen LogP contribution in [0.2, 0.25) is 0 Å². The van der Waals surface area contributed by atoms with E-state index < -0.39 is 23.7 Å². The van der Waals surface area contributed by atoms with Gasteiger partial charge in [0, 0.05) is 0 Å². The van der Waals surface area contributed by atoms with Crippen molar-refractivity contribution in [2.75, 3.05) is 6.61 Å². The number of alkyl carbamates (subject to hydrolysis) is 1. The van der Waals surface area contributed by atoms with Gasteiger partial charge in [-0.1, -0.05) is 36.9 Å². The first-order valence-electron chi connectivity index (χ1n) is 7.26. The molecule has 1 aromatic carbocycles. The van der Waals surface area contributed by atoms with E-state index in [0.717, 1.165) is 5.56 Å². The highest BCUT2D eigenvalue weighted by Gasteiger charge is 2.38. The lowest BCUT2D eigenvalue weighted by atomic mass is 10.1. The molecule has 0 aromatic heterocycles. The largest absolute Gasteiger partial charge is 0.444 e. The van der Waals surface area contributed by atoms with Crippen molar-refractivity contribution in [3.63, 3.8) is 0 Å². The molecule has 1 N–H and O–H groups in total. The van der Waals surface area contributed by atoms with Crippen molar-refractivity contribution in [1.82, 2.24) is 5.32 Å². The summed E-state index contributed by atoms with van der Waals surface area (Å²) in [6, 6.07) is 7.59. The maximum atomic E-state index is 13.9. The maximum absolute atomic E-state index is 13.9. The zero-order valence-electron chi connectivity index (χ0n) is 13.6. The first kappa shape index (κ1) is 19.1. The van der Waals surface area contributed by atoms with Gasteiger partial charge >= 0.3 is 6.09 Å². The third-order valence-corrected chi connectivity index (χ3v) is 2.82. The Hall–Kier alpha value is -1.95. The number of ether oxygens (including phenoxy) is 2. The highest BCUT2D eigenvalue weighted by atomic mass is 19.3. The molecule has 0 bridgehead atoms. The lowest BCUT2D eigenvalue weighted by molar-refractivity contribution is -0.0338. The molecule has 6 heteroatoms. The summed E-state index contributed by atoms with van der Waals surface area (Å²) in [7, 11) is 0. The number of amides is 1. The van der Waals surface area contributed by atoms with Crippen molar-refractivity contribution in [1.29, 1.82) is 0 Å². The second-order valence-electron chi connectivity index (χ2n) is 6.08.